The lowest BCUT2D eigenvalue weighted by molar-refractivity contribution is -0.138. The van der Waals surface area contributed by atoms with E-state index < -0.39 is 70.6 Å². The van der Waals surface area contributed by atoms with Crippen molar-refractivity contribution < 1.29 is 58.6 Å². The molecule has 0 fully saturated rings. The summed E-state index contributed by atoms with van der Waals surface area (Å²) in [6, 6.07) is 9.08. The summed E-state index contributed by atoms with van der Waals surface area (Å²) in [5.41, 5.74) is -5.62. The minimum absolute atomic E-state index is 0.151. The van der Waals surface area contributed by atoms with E-state index in [0.29, 0.717) is 36.4 Å². The predicted octanol–water partition coefficient (Wildman–Crippen LogP) is 7.90. The van der Waals surface area contributed by atoms with Crippen molar-refractivity contribution in [2.75, 3.05) is 6.61 Å². The summed E-state index contributed by atoms with van der Waals surface area (Å²) in [7, 11) is 0. The lowest BCUT2D eigenvalue weighted by atomic mass is 9.96. The van der Waals surface area contributed by atoms with E-state index in [1.807, 2.05) is 0 Å². The molecular formula is C30H19F9N2O4. The number of Topliss-reactive ketones (excluding diaryl/α,β-unsaturated/α-hetero) is 1. The number of ketones is 2. The van der Waals surface area contributed by atoms with E-state index in [-0.39, 0.29) is 29.0 Å². The SMILES string of the molecule is CCOC(=O)c1nn(CC(=O)c2ccc(C(F)(F)F)cc2)c(-c2ccc(C(F)(F)F)cc2)c1C(=O)c1ccc(C(F)(F)F)cc1. The van der Waals surface area contributed by atoms with Crippen molar-refractivity contribution in [2.24, 2.45) is 0 Å². The van der Waals surface area contributed by atoms with Gasteiger partial charge in [-0.25, -0.2) is 4.79 Å². The van der Waals surface area contributed by atoms with Crippen LogP contribution >= 0.6 is 0 Å². The maximum Gasteiger partial charge on any atom is 0.416 e. The predicted molar refractivity (Wildman–Crippen MR) is 139 cm³/mol. The van der Waals surface area contributed by atoms with Crippen LogP contribution in [0.4, 0.5) is 39.5 Å². The molecule has 1 aromatic heterocycles. The van der Waals surface area contributed by atoms with Gasteiger partial charge in [-0.15, -0.1) is 0 Å². The highest BCUT2D eigenvalue weighted by Crippen LogP contribution is 2.35. The van der Waals surface area contributed by atoms with Crippen LogP contribution in [0.25, 0.3) is 11.3 Å². The summed E-state index contributed by atoms with van der Waals surface area (Å²) in [6.07, 6.45) is -14.2. The van der Waals surface area contributed by atoms with Gasteiger partial charge in [0.2, 0.25) is 0 Å². The average Bonchev–Trinajstić information content (AvgIpc) is 3.34. The molecule has 0 aliphatic heterocycles. The second-order valence-corrected chi connectivity index (χ2v) is 9.43. The maximum atomic E-state index is 13.7. The van der Waals surface area contributed by atoms with Crippen molar-refractivity contribution in [2.45, 2.75) is 32.0 Å². The van der Waals surface area contributed by atoms with Gasteiger partial charge in [0, 0.05) is 16.7 Å². The Morgan fingerprint density at radius 2 is 1.09 bits per heavy atom. The fourth-order valence-electron chi connectivity index (χ4n) is 4.27. The largest absolute Gasteiger partial charge is 0.461 e. The third-order valence-electron chi connectivity index (χ3n) is 6.44. The van der Waals surface area contributed by atoms with Crippen LogP contribution in [0.3, 0.4) is 0 Å². The molecule has 6 nitrogen and oxygen atoms in total. The van der Waals surface area contributed by atoms with Gasteiger partial charge < -0.3 is 4.74 Å². The first-order valence-corrected chi connectivity index (χ1v) is 12.8. The molecule has 0 saturated heterocycles. The van der Waals surface area contributed by atoms with E-state index in [9.17, 15) is 53.9 Å². The van der Waals surface area contributed by atoms with Crippen LogP contribution in [0.15, 0.2) is 72.8 Å². The summed E-state index contributed by atoms with van der Waals surface area (Å²) >= 11 is 0. The fourth-order valence-corrected chi connectivity index (χ4v) is 4.27. The highest BCUT2D eigenvalue weighted by molar-refractivity contribution is 6.17. The Kier molecular flexibility index (Phi) is 8.94. The number of rotatable bonds is 8. The van der Waals surface area contributed by atoms with Gasteiger partial charge in [0.15, 0.2) is 17.3 Å². The number of alkyl halides is 9. The molecular weight excluding hydrogens is 623 g/mol. The Balaban J connectivity index is 1.90. The summed E-state index contributed by atoms with van der Waals surface area (Å²) in [5.74, 6) is -3.13. The normalized spacial score (nSPS) is 12.2. The monoisotopic (exact) mass is 642 g/mol. The van der Waals surface area contributed by atoms with Gasteiger partial charge in [-0.3, -0.25) is 14.3 Å². The van der Waals surface area contributed by atoms with Crippen molar-refractivity contribution >= 4 is 17.5 Å². The molecule has 1 heterocycles. The number of benzene rings is 3. The van der Waals surface area contributed by atoms with Crippen molar-refractivity contribution in [3.8, 4) is 11.3 Å². The zero-order valence-electron chi connectivity index (χ0n) is 22.8. The minimum Gasteiger partial charge on any atom is -0.461 e. The molecule has 0 bridgehead atoms. The maximum absolute atomic E-state index is 13.7. The summed E-state index contributed by atoms with van der Waals surface area (Å²) in [4.78, 5) is 39.8. The van der Waals surface area contributed by atoms with Crippen LogP contribution in [-0.4, -0.2) is 33.9 Å². The Hall–Kier alpha value is -4.95. The molecule has 0 spiro atoms. The van der Waals surface area contributed by atoms with Gasteiger partial charge in [-0.1, -0.05) is 36.4 Å². The van der Waals surface area contributed by atoms with Crippen LogP contribution < -0.4 is 0 Å². The second-order valence-electron chi connectivity index (χ2n) is 9.43. The number of aromatic nitrogens is 2. The molecule has 15 heteroatoms. The van der Waals surface area contributed by atoms with E-state index >= 15 is 0 Å². The molecule has 236 valence electrons. The highest BCUT2D eigenvalue weighted by Gasteiger charge is 2.35. The molecule has 4 aromatic rings. The number of nitrogens with zero attached hydrogens (tertiary/aromatic N) is 2. The molecule has 0 unspecified atom stereocenters. The van der Waals surface area contributed by atoms with Crippen molar-refractivity contribution in [1.29, 1.82) is 0 Å². The number of carbonyl (C=O) groups excluding carboxylic acids is 3. The van der Waals surface area contributed by atoms with Gasteiger partial charge in [0.1, 0.15) is 6.54 Å². The third-order valence-corrected chi connectivity index (χ3v) is 6.44. The smallest absolute Gasteiger partial charge is 0.416 e. The molecule has 4 rings (SSSR count). The highest BCUT2D eigenvalue weighted by atomic mass is 19.4. The zero-order chi connectivity index (χ0) is 33.3. The average molecular weight is 642 g/mol. The molecule has 0 aliphatic carbocycles. The number of hydrogen-bond donors (Lipinski definition) is 0. The van der Waals surface area contributed by atoms with Crippen LogP contribution in [0.5, 0.6) is 0 Å². The van der Waals surface area contributed by atoms with E-state index in [2.05, 4.69) is 5.10 Å². The second kappa shape index (κ2) is 12.2. The Morgan fingerprint density at radius 3 is 1.51 bits per heavy atom. The molecule has 0 amide bonds. The molecule has 0 N–H and O–H groups in total. The number of hydrogen-bond acceptors (Lipinski definition) is 5. The number of carbonyl (C=O) groups is 3. The van der Waals surface area contributed by atoms with Crippen LogP contribution in [0, 0.1) is 0 Å². The molecule has 0 radical (unpaired) electrons. The zero-order valence-corrected chi connectivity index (χ0v) is 22.8. The van der Waals surface area contributed by atoms with Crippen LogP contribution in [0.2, 0.25) is 0 Å². The van der Waals surface area contributed by atoms with Gasteiger partial charge >= 0.3 is 24.5 Å². The van der Waals surface area contributed by atoms with E-state index in [1.165, 1.54) is 6.92 Å². The number of ether oxygens (including phenoxy) is 1. The van der Waals surface area contributed by atoms with Crippen molar-refractivity contribution in [3.05, 3.63) is 112 Å². The van der Waals surface area contributed by atoms with Crippen molar-refractivity contribution in [3.63, 3.8) is 0 Å². The number of halogens is 9. The lowest BCUT2D eigenvalue weighted by Gasteiger charge is -2.12. The first-order valence-electron chi connectivity index (χ1n) is 12.8. The molecule has 0 saturated carbocycles. The van der Waals surface area contributed by atoms with E-state index in [0.717, 1.165) is 41.1 Å². The van der Waals surface area contributed by atoms with Gasteiger partial charge in [-0.2, -0.15) is 44.6 Å². The minimum atomic E-state index is -4.76. The topological polar surface area (TPSA) is 78.3 Å². The lowest BCUT2D eigenvalue weighted by Crippen LogP contribution is -2.15. The molecule has 3 aromatic carbocycles. The summed E-state index contributed by atoms with van der Waals surface area (Å²) < 4.78 is 124. The summed E-state index contributed by atoms with van der Waals surface area (Å²) in [5, 5.41) is 4.02. The van der Waals surface area contributed by atoms with E-state index in [1.54, 1.807) is 0 Å². The number of esters is 1. The quantitative estimate of drug-likeness (QED) is 0.111. The van der Waals surface area contributed by atoms with Gasteiger partial charge in [-0.05, 0) is 43.3 Å². The third kappa shape index (κ3) is 7.24. The van der Waals surface area contributed by atoms with Crippen LogP contribution in [-0.2, 0) is 29.8 Å². The molecule has 0 aliphatic rings. The Bertz CT molecular complexity index is 1720. The van der Waals surface area contributed by atoms with Crippen LogP contribution in [0.1, 0.15) is 60.4 Å². The fraction of sp³-hybridized carbons (Fsp3) is 0.200. The first kappa shape index (κ1) is 33.0. The first-order chi connectivity index (χ1) is 20.9. The van der Waals surface area contributed by atoms with Gasteiger partial charge in [0.05, 0.1) is 34.6 Å². The molecule has 45 heavy (non-hydrogen) atoms. The van der Waals surface area contributed by atoms with Crippen molar-refractivity contribution in [1.82, 2.24) is 9.78 Å². The standard InChI is InChI=1S/C30H19F9N2O4/c1-2-45-27(44)24-23(26(43)18-7-13-21(14-8-18)30(37,38)39)25(17-5-11-20(12-6-17)29(34,35)36)41(40-24)15-22(42)16-3-9-19(10-4-16)28(31,32)33/h3-14H,2,15H2,1H3. The van der Waals surface area contributed by atoms with E-state index in [4.69, 9.17) is 4.74 Å². The Labute approximate surface area is 248 Å². The summed E-state index contributed by atoms with van der Waals surface area (Å²) in [6.45, 7) is 0.380. The Morgan fingerprint density at radius 1 is 0.667 bits per heavy atom. The van der Waals surface area contributed by atoms with Gasteiger partial charge in [0.25, 0.3) is 0 Å². The molecule has 0 atom stereocenters.